The number of carbonyl (C=O) groups excluding carboxylic acids is 1. The van der Waals surface area contributed by atoms with Crippen molar-refractivity contribution >= 4 is 6.03 Å². The summed E-state index contributed by atoms with van der Waals surface area (Å²) in [5.74, 6) is 0. The molecular formula is C10H20N2O3. The highest BCUT2D eigenvalue weighted by Crippen LogP contribution is 2.16. The van der Waals surface area contributed by atoms with Crippen LogP contribution in [0.15, 0.2) is 0 Å². The van der Waals surface area contributed by atoms with Gasteiger partial charge in [0.2, 0.25) is 0 Å². The van der Waals surface area contributed by atoms with Gasteiger partial charge in [-0.15, -0.1) is 0 Å². The molecule has 0 aliphatic heterocycles. The third kappa shape index (κ3) is 5.59. The lowest BCUT2D eigenvalue weighted by Gasteiger charge is -2.22. The first kappa shape index (κ1) is 12.3. The highest BCUT2D eigenvalue weighted by atomic mass is 16.7. The average molecular weight is 216 g/mol. The number of hydrogen-bond donors (Lipinski definition) is 2. The minimum absolute atomic E-state index is 0.252. The molecule has 88 valence electrons. The van der Waals surface area contributed by atoms with Gasteiger partial charge in [0, 0.05) is 13.2 Å². The topological polar surface area (TPSA) is 59.6 Å². The van der Waals surface area contributed by atoms with Crippen LogP contribution in [0.4, 0.5) is 4.79 Å². The zero-order valence-corrected chi connectivity index (χ0v) is 9.25. The lowest BCUT2D eigenvalue weighted by atomic mass is 9.96. The molecule has 1 saturated carbocycles. The monoisotopic (exact) mass is 216 g/mol. The summed E-state index contributed by atoms with van der Waals surface area (Å²) in [5, 5.41) is 2.88. The van der Waals surface area contributed by atoms with Crippen molar-refractivity contribution in [2.24, 2.45) is 0 Å². The molecule has 0 bridgehead atoms. The fourth-order valence-electron chi connectivity index (χ4n) is 1.70. The molecule has 1 fully saturated rings. The Balaban J connectivity index is 2.01. The van der Waals surface area contributed by atoms with E-state index in [0.717, 1.165) is 12.8 Å². The molecule has 0 spiro atoms. The van der Waals surface area contributed by atoms with E-state index in [1.165, 1.54) is 19.3 Å². The number of nitrogens with one attached hydrogen (secondary N) is 2. The number of urea groups is 1. The van der Waals surface area contributed by atoms with E-state index in [1.807, 2.05) is 0 Å². The Hall–Kier alpha value is -0.810. The molecule has 5 heteroatoms. The van der Waals surface area contributed by atoms with Crippen LogP contribution in [0.3, 0.4) is 0 Å². The number of carbonyl (C=O) groups is 1. The second-order valence-corrected chi connectivity index (χ2v) is 3.75. The lowest BCUT2D eigenvalue weighted by molar-refractivity contribution is 0.0233. The van der Waals surface area contributed by atoms with E-state index >= 15 is 0 Å². The second kappa shape index (κ2) is 7.48. The largest absolute Gasteiger partial charge is 0.382 e. The van der Waals surface area contributed by atoms with Crippen LogP contribution >= 0.6 is 0 Å². The first-order valence-corrected chi connectivity index (χ1v) is 5.50. The lowest BCUT2D eigenvalue weighted by Crippen LogP contribution is -2.43. The van der Waals surface area contributed by atoms with E-state index in [0.29, 0.717) is 19.3 Å². The first-order valence-electron chi connectivity index (χ1n) is 5.50. The maximum Gasteiger partial charge on any atom is 0.338 e. The molecule has 0 atom stereocenters. The second-order valence-electron chi connectivity index (χ2n) is 3.75. The third-order valence-corrected chi connectivity index (χ3v) is 2.49. The average Bonchev–Trinajstić information content (AvgIpc) is 2.26. The van der Waals surface area contributed by atoms with E-state index in [4.69, 9.17) is 9.57 Å². The summed E-state index contributed by atoms with van der Waals surface area (Å²) in [6, 6.07) is 0.0581. The Morgan fingerprint density at radius 1 is 1.27 bits per heavy atom. The van der Waals surface area contributed by atoms with Crippen molar-refractivity contribution in [3.63, 3.8) is 0 Å². The molecule has 15 heavy (non-hydrogen) atoms. The molecule has 0 radical (unpaired) electrons. The summed E-state index contributed by atoms with van der Waals surface area (Å²) in [7, 11) is 1.59. The van der Waals surface area contributed by atoms with Gasteiger partial charge in [0.1, 0.15) is 0 Å². The van der Waals surface area contributed by atoms with Crippen LogP contribution in [-0.4, -0.2) is 32.4 Å². The standard InChI is InChI=1S/C10H20N2O3/c1-14-7-8-15-12-10(13)11-9-5-3-2-4-6-9/h9H,2-8H2,1H3,(H2,11,12,13). The van der Waals surface area contributed by atoms with Crippen LogP contribution in [0.1, 0.15) is 32.1 Å². The van der Waals surface area contributed by atoms with Crippen molar-refractivity contribution in [3.05, 3.63) is 0 Å². The number of ether oxygens (including phenoxy) is 1. The van der Waals surface area contributed by atoms with Gasteiger partial charge in [-0.2, -0.15) is 0 Å². The maximum atomic E-state index is 11.3. The molecule has 2 amide bonds. The molecule has 0 unspecified atom stereocenters. The predicted molar refractivity (Wildman–Crippen MR) is 56.4 cm³/mol. The van der Waals surface area contributed by atoms with E-state index < -0.39 is 0 Å². The summed E-state index contributed by atoms with van der Waals surface area (Å²) in [6.45, 7) is 0.846. The fraction of sp³-hybridized carbons (Fsp3) is 0.900. The molecule has 0 aromatic heterocycles. The van der Waals surface area contributed by atoms with Crippen molar-refractivity contribution in [1.82, 2.24) is 10.8 Å². The summed E-state index contributed by atoms with van der Waals surface area (Å²) in [5.41, 5.74) is 2.33. The van der Waals surface area contributed by atoms with Crippen LogP contribution in [-0.2, 0) is 9.57 Å². The number of methoxy groups -OCH3 is 1. The van der Waals surface area contributed by atoms with Gasteiger partial charge >= 0.3 is 6.03 Å². The maximum absolute atomic E-state index is 11.3. The molecular weight excluding hydrogens is 196 g/mol. The Kier molecular flexibility index (Phi) is 6.11. The number of amides is 2. The highest BCUT2D eigenvalue weighted by Gasteiger charge is 2.15. The molecule has 0 heterocycles. The van der Waals surface area contributed by atoms with Crippen LogP contribution in [0, 0.1) is 0 Å². The van der Waals surface area contributed by atoms with E-state index in [2.05, 4.69) is 10.8 Å². The molecule has 1 aliphatic carbocycles. The zero-order valence-electron chi connectivity index (χ0n) is 9.25. The van der Waals surface area contributed by atoms with Gasteiger partial charge in [-0.3, -0.25) is 4.84 Å². The molecule has 5 nitrogen and oxygen atoms in total. The van der Waals surface area contributed by atoms with E-state index in [9.17, 15) is 4.79 Å². The Bertz CT molecular complexity index is 182. The van der Waals surface area contributed by atoms with E-state index in [-0.39, 0.29) is 6.03 Å². The first-order chi connectivity index (χ1) is 7.33. The molecule has 0 aromatic carbocycles. The summed E-state index contributed by atoms with van der Waals surface area (Å²) in [4.78, 5) is 16.2. The quantitative estimate of drug-likeness (QED) is 0.536. The Morgan fingerprint density at radius 3 is 2.67 bits per heavy atom. The smallest absolute Gasteiger partial charge is 0.338 e. The Labute approximate surface area is 90.5 Å². The van der Waals surface area contributed by atoms with Gasteiger partial charge < -0.3 is 10.1 Å². The zero-order chi connectivity index (χ0) is 10.9. The van der Waals surface area contributed by atoms with Crippen LogP contribution in [0.2, 0.25) is 0 Å². The van der Waals surface area contributed by atoms with E-state index in [1.54, 1.807) is 7.11 Å². The van der Waals surface area contributed by atoms with Crippen LogP contribution < -0.4 is 10.8 Å². The molecule has 1 aliphatic rings. The van der Waals surface area contributed by atoms with Crippen LogP contribution in [0.5, 0.6) is 0 Å². The minimum atomic E-state index is -0.252. The predicted octanol–water partition coefficient (Wildman–Crippen LogP) is 1.20. The van der Waals surface area contributed by atoms with Crippen LogP contribution in [0.25, 0.3) is 0 Å². The van der Waals surface area contributed by atoms with Crippen molar-refractivity contribution in [3.8, 4) is 0 Å². The molecule has 2 N–H and O–H groups in total. The van der Waals surface area contributed by atoms with Gasteiger partial charge in [0.25, 0.3) is 0 Å². The van der Waals surface area contributed by atoms with Crippen molar-refractivity contribution in [2.45, 2.75) is 38.1 Å². The number of rotatable bonds is 5. The van der Waals surface area contributed by atoms with Gasteiger partial charge in [-0.1, -0.05) is 19.3 Å². The van der Waals surface area contributed by atoms with Gasteiger partial charge in [0.05, 0.1) is 13.2 Å². The fourth-order valence-corrected chi connectivity index (χ4v) is 1.70. The van der Waals surface area contributed by atoms with Gasteiger partial charge in [-0.25, -0.2) is 10.3 Å². The third-order valence-electron chi connectivity index (χ3n) is 2.49. The Morgan fingerprint density at radius 2 is 2.00 bits per heavy atom. The molecule has 0 saturated heterocycles. The van der Waals surface area contributed by atoms with Crippen molar-refractivity contribution in [2.75, 3.05) is 20.3 Å². The van der Waals surface area contributed by atoms with Crippen molar-refractivity contribution < 1.29 is 14.4 Å². The number of hydroxylamine groups is 1. The summed E-state index contributed by atoms with van der Waals surface area (Å²) in [6.07, 6.45) is 5.84. The molecule has 0 aromatic rings. The highest BCUT2D eigenvalue weighted by molar-refractivity contribution is 5.72. The normalized spacial score (nSPS) is 17.4. The SMILES string of the molecule is COCCONC(=O)NC1CCCCC1. The van der Waals surface area contributed by atoms with Crippen molar-refractivity contribution in [1.29, 1.82) is 0 Å². The number of hydrogen-bond acceptors (Lipinski definition) is 3. The summed E-state index contributed by atoms with van der Waals surface area (Å²) >= 11 is 0. The summed E-state index contributed by atoms with van der Waals surface area (Å²) < 4.78 is 4.78. The van der Waals surface area contributed by atoms with Gasteiger partial charge in [0.15, 0.2) is 0 Å². The van der Waals surface area contributed by atoms with Gasteiger partial charge in [-0.05, 0) is 12.8 Å². The minimum Gasteiger partial charge on any atom is -0.382 e. The molecule has 1 rings (SSSR count).